The van der Waals surface area contributed by atoms with Gasteiger partial charge in [0.05, 0.1) is 6.42 Å². The number of nitrogens with one attached hydrogen (secondary N) is 2. The van der Waals surface area contributed by atoms with Crippen LogP contribution in [0.4, 0.5) is 4.39 Å². The number of benzene rings is 3. The number of hydrazine groups is 1. The largest absolute Gasteiger partial charge is 0.451 e. The van der Waals surface area contributed by atoms with Gasteiger partial charge in [0.15, 0.2) is 5.76 Å². The predicted octanol–water partition coefficient (Wildman–Crippen LogP) is 4.04. The topological polar surface area (TPSA) is 71.3 Å². The molecule has 0 saturated heterocycles. The highest BCUT2D eigenvalue weighted by Crippen LogP contribution is 2.25. The number of halogens is 1. The first kappa shape index (κ1) is 17.7. The molecular weight excluding hydrogens is 359 g/mol. The highest BCUT2D eigenvalue weighted by atomic mass is 19.1. The van der Waals surface area contributed by atoms with E-state index in [4.69, 9.17) is 4.42 Å². The van der Waals surface area contributed by atoms with Crippen molar-refractivity contribution in [3.05, 3.63) is 83.4 Å². The molecule has 28 heavy (non-hydrogen) atoms. The molecule has 0 unspecified atom stereocenters. The van der Waals surface area contributed by atoms with Crippen molar-refractivity contribution < 1.29 is 18.4 Å². The van der Waals surface area contributed by atoms with Crippen molar-refractivity contribution in [3.8, 4) is 0 Å². The molecule has 0 aliphatic heterocycles. The van der Waals surface area contributed by atoms with Crippen molar-refractivity contribution >= 4 is 33.6 Å². The van der Waals surface area contributed by atoms with Crippen LogP contribution in [-0.2, 0) is 11.2 Å². The Balaban J connectivity index is 1.46. The minimum Gasteiger partial charge on any atom is -0.451 e. The fourth-order valence-electron chi connectivity index (χ4n) is 3.26. The first-order valence-electron chi connectivity index (χ1n) is 8.77. The van der Waals surface area contributed by atoms with Crippen molar-refractivity contribution in [1.29, 1.82) is 0 Å². The molecule has 5 nitrogen and oxygen atoms in total. The summed E-state index contributed by atoms with van der Waals surface area (Å²) in [5, 5.41) is 2.55. The Morgan fingerprint density at radius 2 is 1.75 bits per heavy atom. The first-order valence-corrected chi connectivity index (χ1v) is 8.77. The van der Waals surface area contributed by atoms with Gasteiger partial charge >= 0.3 is 5.91 Å². The second-order valence-electron chi connectivity index (χ2n) is 6.51. The maximum Gasteiger partial charge on any atom is 0.305 e. The van der Waals surface area contributed by atoms with Crippen molar-refractivity contribution in [1.82, 2.24) is 10.9 Å². The number of hydrogen-bond acceptors (Lipinski definition) is 3. The summed E-state index contributed by atoms with van der Waals surface area (Å²) in [5.74, 6) is -1.33. The summed E-state index contributed by atoms with van der Waals surface area (Å²) in [6.07, 6.45) is 0.117. The van der Waals surface area contributed by atoms with E-state index in [0.717, 1.165) is 16.3 Å². The molecule has 0 radical (unpaired) electrons. The average molecular weight is 376 g/mol. The molecule has 0 bridgehead atoms. The highest BCUT2D eigenvalue weighted by molar-refractivity contribution is 6.00. The van der Waals surface area contributed by atoms with E-state index in [1.807, 2.05) is 42.5 Å². The average Bonchev–Trinajstić information content (AvgIpc) is 3.02. The summed E-state index contributed by atoms with van der Waals surface area (Å²) in [4.78, 5) is 24.7. The quantitative estimate of drug-likeness (QED) is 0.530. The zero-order valence-electron chi connectivity index (χ0n) is 15.1. The van der Waals surface area contributed by atoms with Crippen molar-refractivity contribution in [2.24, 2.45) is 0 Å². The van der Waals surface area contributed by atoms with E-state index < -0.39 is 11.7 Å². The molecule has 0 aliphatic carbocycles. The van der Waals surface area contributed by atoms with E-state index in [1.54, 1.807) is 6.92 Å². The van der Waals surface area contributed by atoms with Gasteiger partial charge in [-0.25, -0.2) is 4.39 Å². The van der Waals surface area contributed by atoms with Crippen LogP contribution in [-0.4, -0.2) is 11.8 Å². The van der Waals surface area contributed by atoms with Crippen LogP contribution in [0, 0.1) is 12.7 Å². The van der Waals surface area contributed by atoms with E-state index in [-0.39, 0.29) is 18.1 Å². The van der Waals surface area contributed by atoms with Gasteiger partial charge in [-0.1, -0.05) is 42.5 Å². The Labute approximate surface area is 160 Å². The number of furan rings is 1. The highest BCUT2D eigenvalue weighted by Gasteiger charge is 2.18. The zero-order valence-corrected chi connectivity index (χ0v) is 15.1. The number of carbonyl (C=O) groups is 2. The Morgan fingerprint density at radius 1 is 0.964 bits per heavy atom. The fourth-order valence-corrected chi connectivity index (χ4v) is 3.26. The molecule has 0 saturated carbocycles. The number of fused-ring (bicyclic) bond motifs is 2. The molecule has 140 valence electrons. The van der Waals surface area contributed by atoms with Crippen molar-refractivity contribution in [3.63, 3.8) is 0 Å². The normalized spacial score (nSPS) is 10.9. The third-order valence-electron chi connectivity index (χ3n) is 4.65. The number of hydrogen-bond donors (Lipinski definition) is 2. The number of amides is 2. The summed E-state index contributed by atoms with van der Waals surface area (Å²) in [6, 6.07) is 17.6. The summed E-state index contributed by atoms with van der Waals surface area (Å²) in [5.41, 5.74) is 6.54. The summed E-state index contributed by atoms with van der Waals surface area (Å²) in [7, 11) is 0. The maximum atomic E-state index is 13.4. The van der Waals surface area contributed by atoms with Gasteiger partial charge in [0.2, 0.25) is 5.91 Å². The van der Waals surface area contributed by atoms with Gasteiger partial charge in [-0.05, 0) is 41.5 Å². The molecule has 1 heterocycles. The Morgan fingerprint density at radius 3 is 2.61 bits per heavy atom. The second kappa shape index (κ2) is 7.15. The van der Waals surface area contributed by atoms with E-state index in [2.05, 4.69) is 10.9 Å². The lowest BCUT2D eigenvalue weighted by molar-refractivity contribution is -0.121. The molecule has 0 fully saturated rings. The van der Waals surface area contributed by atoms with Crippen molar-refractivity contribution in [2.45, 2.75) is 13.3 Å². The molecule has 4 aromatic rings. The number of carbonyl (C=O) groups excluding carboxylic acids is 2. The Kier molecular flexibility index (Phi) is 4.53. The summed E-state index contributed by atoms with van der Waals surface area (Å²) in [6.45, 7) is 1.66. The minimum atomic E-state index is -0.597. The third-order valence-corrected chi connectivity index (χ3v) is 4.65. The SMILES string of the molecule is Cc1c(C(=O)NNC(=O)Cc2cccc3ccccc23)oc2ccc(F)cc12. The van der Waals surface area contributed by atoms with Gasteiger partial charge in [-0.2, -0.15) is 0 Å². The van der Waals surface area contributed by atoms with Crippen LogP contribution in [0.3, 0.4) is 0 Å². The van der Waals surface area contributed by atoms with Crippen LogP contribution in [0.1, 0.15) is 21.7 Å². The maximum absolute atomic E-state index is 13.4. The van der Waals surface area contributed by atoms with Gasteiger partial charge in [-0.3, -0.25) is 20.4 Å². The standard InChI is InChI=1S/C22H17FN2O3/c1-13-18-12-16(23)9-10-19(18)28-21(13)22(27)25-24-20(26)11-15-7-4-6-14-5-2-3-8-17(14)15/h2-10,12H,11H2,1H3,(H,24,26)(H,25,27). The first-order chi connectivity index (χ1) is 13.5. The summed E-state index contributed by atoms with van der Waals surface area (Å²) >= 11 is 0. The molecule has 0 spiro atoms. The number of aryl methyl sites for hydroxylation is 1. The Bertz CT molecular complexity index is 1210. The Hall–Kier alpha value is -3.67. The second-order valence-corrected chi connectivity index (χ2v) is 6.51. The van der Waals surface area contributed by atoms with Crippen LogP contribution < -0.4 is 10.9 Å². The van der Waals surface area contributed by atoms with Crippen LogP contribution >= 0.6 is 0 Å². The lowest BCUT2D eigenvalue weighted by atomic mass is 10.0. The van der Waals surface area contributed by atoms with Crippen LogP contribution in [0.25, 0.3) is 21.7 Å². The molecule has 2 N–H and O–H groups in total. The molecule has 0 aliphatic rings. The predicted molar refractivity (Wildman–Crippen MR) is 104 cm³/mol. The smallest absolute Gasteiger partial charge is 0.305 e. The van der Waals surface area contributed by atoms with E-state index in [0.29, 0.717) is 16.5 Å². The molecule has 3 aromatic carbocycles. The van der Waals surface area contributed by atoms with Gasteiger partial charge in [0.1, 0.15) is 11.4 Å². The van der Waals surface area contributed by atoms with Crippen LogP contribution in [0.5, 0.6) is 0 Å². The van der Waals surface area contributed by atoms with Gasteiger partial charge in [0.25, 0.3) is 0 Å². The van der Waals surface area contributed by atoms with E-state index in [1.165, 1.54) is 18.2 Å². The summed E-state index contributed by atoms with van der Waals surface area (Å²) < 4.78 is 18.9. The lowest BCUT2D eigenvalue weighted by Crippen LogP contribution is -2.42. The molecular formula is C22H17FN2O3. The molecule has 4 rings (SSSR count). The fraction of sp³-hybridized carbons (Fsp3) is 0.0909. The van der Waals surface area contributed by atoms with Crippen LogP contribution in [0.15, 0.2) is 65.1 Å². The van der Waals surface area contributed by atoms with Gasteiger partial charge in [-0.15, -0.1) is 0 Å². The monoisotopic (exact) mass is 376 g/mol. The van der Waals surface area contributed by atoms with E-state index >= 15 is 0 Å². The molecule has 6 heteroatoms. The van der Waals surface area contributed by atoms with Crippen molar-refractivity contribution in [2.75, 3.05) is 0 Å². The van der Waals surface area contributed by atoms with E-state index in [9.17, 15) is 14.0 Å². The van der Waals surface area contributed by atoms with Gasteiger partial charge < -0.3 is 4.42 Å². The lowest BCUT2D eigenvalue weighted by Gasteiger charge is -2.08. The molecule has 0 atom stereocenters. The molecule has 1 aromatic heterocycles. The van der Waals surface area contributed by atoms with Crippen LogP contribution in [0.2, 0.25) is 0 Å². The third kappa shape index (κ3) is 3.32. The molecule has 2 amide bonds. The number of rotatable bonds is 3. The zero-order chi connectivity index (χ0) is 19.7. The minimum absolute atomic E-state index is 0.0334. The van der Waals surface area contributed by atoms with Gasteiger partial charge in [0, 0.05) is 10.9 Å².